The number of aromatic nitrogens is 2. The van der Waals surface area contributed by atoms with Crippen molar-refractivity contribution in [3.63, 3.8) is 0 Å². The molecule has 0 spiro atoms. The van der Waals surface area contributed by atoms with E-state index in [2.05, 4.69) is 16.4 Å². The first-order chi connectivity index (χ1) is 12.3. The van der Waals surface area contributed by atoms with Crippen molar-refractivity contribution in [2.24, 2.45) is 0 Å². The van der Waals surface area contributed by atoms with Crippen LogP contribution >= 0.6 is 11.3 Å². The summed E-state index contributed by atoms with van der Waals surface area (Å²) in [4.78, 5) is 41.9. The number of carbonyl (C=O) groups excluding carboxylic acids is 1. The Hall–Kier alpha value is -2.67. The smallest absolute Gasteiger partial charge is 0.328 e. The second-order valence-electron chi connectivity index (χ2n) is 6.30. The monoisotopic (exact) mass is 371 g/mol. The fourth-order valence-corrected chi connectivity index (χ4v) is 4.14. The summed E-state index contributed by atoms with van der Waals surface area (Å²) in [6.45, 7) is 8.05. The van der Waals surface area contributed by atoms with Gasteiger partial charge >= 0.3 is 5.69 Å². The van der Waals surface area contributed by atoms with Gasteiger partial charge in [0.1, 0.15) is 0 Å². The Morgan fingerprint density at radius 2 is 2.00 bits per heavy atom. The number of aryl methyl sites for hydroxylation is 2. The van der Waals surface area contributed by atoms with Crippen molar-refractivity contribution >= 4 is 28.1 Å². The van der Waals surface area contributed by atoms with E-state index in [9.17, 15) is 14.4 Å². The highest BCUT2D eigenvalue weighted by molar-refractivity contribution is 7.12. The minimum atomic E-state index is -0.472. The lowest BCUT2D eigenvalue weighted by molar-refractivity contribution is 0.0940. The Kier molecular flexibility index (Phi) is 4.82. The minimum absolute atomic E-state index is 0.129. The highest BCUT2D eigenvalue weighted by Gasteiger charge is 2.16. The lowest BCUT2D eigenvalue weighted by atomic mass is 10.1. The van der Waals surface area contributed by atoms with Gasteiger partial charge in [-0.25, -0.2) is 4.79 Å². The van der Waals surface area contributed by atoms with Gasteiger partial charge in [0.25, 0.3) is 11.5 Å². The maximum absolute atomic E-state index is 12.6. The van der Waals surface area contributed by atoms with Crippen molar-refractivity contribution < 1.29 is 4.79 Å². The van der Waals surface area contributed by atoms with E-state index in [0.29, 0.717) is 23.0 Å². The molecule has 2 heterocycles. The fourth-order valence-electron chi connectivity index (χ4n) is 3.12. The number of rotatable bonds is 4. The summed E-state index contributed by atoms with van der Waals surface area (Å²) < 4.78 is 1.13. The van der Waals surface area contributed by atoms with E-state index < -0.39 is 5.69 Å². The lowest BCUT2D eigenvalue weighted by Gasteiger charge is -2.14. The second kappa shape index (κ2) is 6.92. The van der Waals surface area contributed by atoms with Crippen molar-refractivity contribution in [1.82, 2.24) is 14.9 Å². The van der Waals surface area contributed by atoms with Crippen LogP contribution in [-0.2, 0) is 6.54 Å². The van der Waals surface area contributed by atoms with Crippen molar-refractivity contribution in [3.8, 4) is 0 Å². The number of nitrogens with one attached hydrogen (secondary N) is 2. The zero-order chi connectivity index (χ0) is 19.0. The fraction of sp³-hybridized carbons (Fsp3) is 0.316. The summed E-state index contributed by atoms with van der Waals surface area (Å²) in [5.74, 6) is -0.247. The molecule has 0 aliphatic rings. The maximum atomic E-state index is 12.6. The molecule has 6 nitrogen and oxygen atoms in total. The standard InChI is InChI=1S/C19H21N3O3S/c1-5-22-18(24)14-7-6-13(9-16(14)21-19(22)25)17(23)20-11(3)15-8-10(2)26-12(15)4/h6-9,11H,5H2,1-4H3,(H,20,23)(H,21,25). The maximum Gasteiger partial charge on any atom is 0.328 e. The van der Waals surface area contributed by atoms with Crippen LogP contribution in [0.3, 0.4) is 0 Å². The van der Waals surface area contributed by atoms with E-state index in [1.165, 1.54) is 9.75 Å². The van der Waals surface area contributed by atoms with E-state index in [1.54, 1.807) is 36.5 Å². The number of thiophene rings is 1. The van der Waals surface area contributed by atoms with Crippen LogP contribution in [0.4, 0.5) is 0 Å². The molecule has 7 heteroatoms. The van der Waals surface area contributed by atoms with Gasteiger partial charge in [0.05, 0.1) is 16.9 Å². The van der Waals surface area contributed by atoms with E-state index in [-0.39, 0.29) is 17.5 Å². The van der Waals surface area contributed by atoms with Gasteiger partial charge in [0.2, 0.25) is 0 Å². The van der Waals surface area contributed by atoms with Crippen LogP contribution in [0.5, 0.6) is 0 Å². The molecule has 0 radical (unpaired) electrons. The SMILES string of the molecule is CCn1c(=O)[nH]c2cc(C(=O)NC(C)c3cc(C)sc3C)ccc2c1=O. The molecule has 0 saturated heterocycles. The molecule has 1 unspecified atom stereocenters. The number of benzene rings is 1. The van der Waals surface area contributed by atoms with Gasteiger partial charge in [0, 0.05) is 21.9 Å². The largest absolute Gasteiger partial charge is 0.345 e. The third-order valence-electron chi connectivity index (χ3n) is 4.45. The number of carbonyl (C=O) groups is 1. The molecule has 1 atom stereocenters. The third-order valence-corrected chi connectivity index (χ3v) is 5.44. The zero-order valence-corrected chi connectivity index (χ0v) is 16.0. The number of fused-ring (bicyclic) bond motifs is 1. The molecule has 0 saturated carbocycles. The number of hydrogen-bond donors (Lipinski definition) is 2. The van der Waals surface area contributed by atoms with Crippen molar-refractivity contribution in [1.29, 1.82) is 0 Å². The molecule has 26 heavy (non-hydrogen) atoms. The van der Waals surface area contributed by atoms with Gasteiger partial charge in [-0.2, -0.15) is 0 Å². The molecule has 0 aliphatic carbocycles. The summed E-state index contributed by atoms with van der Waals surface area (Å²) in [7, 11) is 0. The van der Waals surface area contributed by atoms with E-state index in [4.69, 9.17) is 0 Å². The highest BCUT2D eigenvalue weighted by Crippen LogP contribution is 2.26. The van der Waals surface area contributed by atoms with Crippen LogP contribution in [0, 0.1) is 13.8 Å². The molecule has 1 amide bonds. The zero-order valence-electron chi connectivity index (χ0n) is 15.2. The quantitative estimate of drug-likeness (QED) is 0.740. The van der Waals surface area contributed by atoms with Crippen molar-refractivity contribution in [3.05, 3.63) is 66.0 Å². The second-order valence-corrected chi connectivity index (χ2v) is 7.76. The van der Waals surface area contributed by atoms with Crippen LogP contribution < -0.4 is 16.6 Å². The molecule has 2 N–H and O–H groups in total. The van der Waals surface area contributed by atoms with Crippen LogP contribution in [0.1, 0.15) is 45.6 Å². The summed E-state index contributed by atoms with van der Waals surface area (Å²) in [5, 5.41) is 3.36. The molecule has 3 rings (SSSR count). The normalized spacial score (nSPS) is 12.3. The van der Waals surface area contributed by atoms with Gasteiger partial charge in [-0.15, -0.1) is 11.3 Å². The van der Waals surface area contributed by atoms with Gasteiger partial charge in [0.15, 0.2) is 0 Å². The summed E-state index contributed by atoms with van der Waals surface area (Å²) >= 11 is 1.70. The highest BCUT2D eigenvalue weighted by atomic mass is 32.1. The number of aromatic amines is 1. The molecule has 3 aromatic rings. The average Bonchev–Trinajstić information content (AvgIpc) is 2.93. The first-order valence-electron chi connectivity index (χ1n) is 8.46. The summed E-state index contributed by atoms with van der Waals surface area (Å²) in [5.41, 5.74) is 1.04. The van der Waals surface area contributed by atoms with Crippen LogP contribution in [0.2, 0.25) is 0 Å². The molecule has 0 fully saturated rings. The Morgan fingerprint density at radius 3 is 2.62 bits per heavy atom. The molecule has 0 bridgehead atoms. The van der Waals surface area contributed by atoms with Crippen LogP contribution in [0.15, 0.2) is 33.9 Å². The molecular formula is C19H21N3O3S. The average molecular weight is 371 g/mol. The predicted octanol–water partition coefficient (Wildman–Crippen LogP) is 2.88. The number of nitrogens with zero attached hydrogens (tertiary/aromatic N) is 1. The van der Waals surface area contributed by atoms with Crippen LogP contribution in [0.25, 0.3) is 10.9 Å². The Morgan fingerprint density at radius 1 is 1.27 bits per heavy atom. The number of H-pyrrole nitrogens is 1. The molecule has 0 aliphatic heterocycles. The first kappa shape index (κ1) is 18.1. The van der Waals surface area contributed by atoms with Crippen molar-refractivity contribution in [2.45, 2.75) is 40.3 Å². The van der Waals surface area contributed by atoms with Gasteiger partial charge in [-0.1, -0.05) is 0 Å². The molecular weight excluding hydrogens is 350 g/mol. The van der Waals surface area contributed by atoms with Gasteiger partial charge in [-0.3, -0.25) is 14.2 Å². The Labute approximate surface area is 154 Å². The molecule has 1 aromatic carbocycles. The Balaban J connectivity index is 1.93. The lowest BCUT2D eigenvalue weighted by Crippen LogP contribution is -2.34. The molecule has 2 aromatic heterocycles. The first-order valence-corrected chi connectivity index (χ1v) is 9.28. The van der Waals surface area contributed by atoms with Crippen LogP contribution in [-0.4, -0.2) is 15.5 Å². The van der Waals surface area contributed by atoms with Gasteiger partial charge < -0.3 is 10.3 Å². The van der Waals surface area contributed by atoms with Gasteiger partial charge in [-0.05, 0) is 57.5 Å². The predicted molar refractivity (Wildman–Crippen MR) is 104 cm³/mol. The van der Waals surface area contributed by atoms with E-state index in [0.717, 1.165) is 10.1 Å². The topological polar surface area (TPSA) is 84.0 Å². The Bertz CT molecular complexity index is 1110. The summed E-state index contributed by atoms with van der Waals surface area (Å²) in [6, 6.07) is 6.69. The van der Waals surface area contributed by atoms with Crippen molar-refractivity contribution in [2.75, 3.05) is 0 Å². The molecule has 136 valence electrons. The van der Waals surface area contributed by atoms with E-state index in [1.807, 2.05) is 20.8 Å². The third kappa shape index (κ3) is 3.22. The number of amides is 1. The summed E-state index contributed by atoms with van der Waals surface area (Å²) in [6.07, 6.45) is 0. The number of hydrogen-bond acceptors (Lipinski definition) is 4. The minimum Gasteiger partial charge on any atom is -0.345 e. The van der Waals surface area contributed by atoms with E-state index >= 15 is 0 Å².